The van der Waals surface area contributed by atoms with Gasteiger partial charge < -0.3 is 39.3 Å². The van der Waals surface area contributed by atoms with E-state index in [0.717, 1.165) is 0 Å². The number of hydrogen-bond donors (Lipinski definition) is 4. The summed E-state index contributed by atoms with van der Waals surface area (Å²) in [6.07, 6.45) is -11.9. The van der Waals surface area contributed by atoms with Gasteiger partial charge in [0, 0.05) is 36.0 Å². The number of aromatic hydroxyl groups is 2. The molecule has 5 rings (SSSR count). The number of nitrogens with one attached hydrogen (secondary N) is 1. The summed E-state index contributed by atoms with van der Waals surface area (Å²) in [5.74, 6) is -7.48. The van der Waals surface area contributed by atoms with Crippen molar-refractivity contribution in [2.75, 3.05) is 13.7 Å². The van der Waals surface area contributed by atoms with Crippen LogP contribution in [-0.4, -0.2) is 96.6 Å². The number of halogens is 3. The molecule has 1 heterocycles. The maximum absolute atomic E-state index is 13.9. The van der Waals surface area contributed by atoms with E-state index in [2.05, 4.69) is 0 Å². The maximum atomic E-state index is 13.9. The van der Waals surface area contributed by atoms with Gasteiger partial charge in [0.05, 0.1) is 42.6 Å². The lowest BCUT2D eigenvalue weighted by molar-refractivity contribution is -0.224. The van der Waals surface area contributed by atoms with Crippen LogP contribution in [0.3, 0.4) is 0 Å². The number of phenols is 2. The Morgan fingerprint density at radius 3 is 2.27 bits per heavy atom. The van der Waals surface area contributed by atoms with Crippen LogP contribution in [-0.2, 0) is 34.7 Å². The minimum atomic E-state index is -5.31. The van der Waals surface area contributed by atoms with Crippen molar-refractivity contribution >= 4 is 37.4 Å². The number of phenolic OH excluding ortho intramolecular Hbond substituents is 2. The molecule has 4 N–H and O–H groups in total. The number of Topliss-reactive ketones (excluding diaryl/α,β-unsaturated/α-hetero) is 2. The first-order chi connectivity index (χ1) is 23.9. The van der Waals surface area contributed by atoms with Crippen LogP contribution in [0.4, 0.5) is 13.2 Å². The van der Waals surface area contributed by atoms with Gasteiger partial charge in [0.1, 0.15) is 29.0 Å². The van der Waals surface area contributed by atoms with Crippen molar-refractivity contribution in [3.63, 3.8) is 0 Å². The van der Waals surface area contributed by atoms with Crippen LogP contribution in [0.15, 0.2) is 18.2 Å². The summed E-state index contributed by atoms with van der Waals surface area (Å²) >= 11 is 0. The number of carbonyl (C=O) groups excluding carboxylic acids is 5. The first-order valence-electron chi connectivity index (χ1n) is 16.4. The maximum Gasteiger partial charge on any atom is 0.471 e. The molecule has 0 spiro atoms. The molecule has 1 amide bonds. The zero-order chi connectivity index (χ0) is 38.9. The molecule has 3 aliphatic rings. The topological polar surface area (TPSA) is 195 Å². The highest BCUT2D eigenvalue weighted by atomic mass is 28.4. The summed E-state index contributed by atoms with van der Waals surface area (Å²) in [6, 6.07) is 2.48. The molecular weight excluding hydrogens is 711 g/mol. The molecule has 2 aromatic carbocycles. The third-order valence-electron chi connectivity index (χ3n) is 10.4. The number of aliphatic hydroxyl groups is 1. The van der Waals surface area contributed by atoms with Crippen molar-refractivity contribution in [1.29, 1.82) is 0 Å². The number of alkyl halides is 3. The lowest BCUT2D eigenvalue weighted by Gasteiger charge is -2.42. The van der Waals surface area contributed by atoms with Gasteiger partial charge in [-0.3, -0.25) is 24.0 Å². The van der Waals surface area contributed by atoms with Crippen molar-refractivity contribution < 1.29 is 71.1 Å². The third-order valence-corrected chi connectivity index (χ3v) is 14.9. The molecule has 13 nitrogen and oxygen atoms in total. The summed E-state index contributed by atoms with van der Waals surface area (Å²) < 4.78 is 62.3. The lowest BCUT2D eigenvalue weighted by Crippen LogP contribution is -2.55. The monoisotopic (exact) mass is 751 g/mol. The van der Waals surface area contributed by atoms with Crippen molar-refractivity contribution in [1.82, 2.24) is 5.32 Å². The molecule has 2 aromatic rings. The van der Waals surface area contributed by atoms with E-state index in [-0.39, 0.29) is 33.0 Å². The van der Waals surface area contributed by atoms with Gasteiger partial charge in [-0.2, -0.15) is 13.2 Å². The first-order valence-corrected chi connectivity index (χ1v) is 19.3. The van der Waals surface area contributed by atoms with E-state index < -0.39 is 122 Å². The van der Waals surface area contributed by atoms with Crippen molar-refractivity contribution in [3.05, 3.63) is 51.6 Å². The standard InChI is InChI=1S/C35H40F3NO12Si/c1-15-27(41)18(39-32(46)35(36,37)38)11-22(50-15)51-20-13-34(47,21(40)14-49-52(6,7)33(2,3)4)12-17-24(20)31(45)26-25(29(17)43)28(42)16-9-8-10-19(48-5)23(16)30(26)44/h8-10,15,18,20,22,43,45,47H,11-14H2,1-7H3,(H,39,46)/t15-,18+,20-,22-,34-/m0/s1. The predicted molar refractivity (Wildman–Crippen MR) is 177 cm³/mol. The van der Waals surface area contributed by atoms with E-state index >= 15 is 0 Å². The van der Waals surface area contributed by atoms with E-state index in [9.17, 15) is 52.5 Å². The lowest BCUT2D eigenvalue weighted by atomic mass is 9.72. The Kier molecular flexibility index (Phi) is 10.0. The largest absolute Gasteiger partial charge is 0.507 e. The minimum absolute atomic E-state index is 0.00817. The van der Waals surface area contributed by atoms with E-state index in [1.54, 1.807) is 5.32 Å². The molecule has 0 aromatic heterocycles. The second kappa shape index (κ2) is 13.4. The van der Waals surface area contributed by atoms with Crippen LogP contribution >= 0.6 is 0 Å². The molecule has 0 unspecified atom stereocenters. The highest BCUT2D eigenvalue weighted by Crippen LogP contribution is 2.52. The zero-order valence-electron chi connectivity index (χ0n) is 29.5. The summed E-state index contributed by atoms with van der Waals surface area (Å²) in [5.41, 5.74) is -4.50. The van der Waals surface area contributed by atoms with Crippen LogP contribution < -0.4 is 10.1 Å². The Bertz CT molecular complexity index is 1870. The summed E-state index contributed by atoms with van der Waals surface area (Å²) in [6.45, 7) is 10.2. The fourth-order valence-electron chi connectivity index (χ4n) is 6.43. The average molecular weight is 752 g/mol. The number of ether oxygens (including phenoxy) is 3. The van der Waals surface area contributed by atoms with Crippen molar-refractivity contribution in [2.45, 2.75) is 101 Å². The fraction of sp³-hybridized carbons (Fsp3) is 0.514. The van der Waals surface area contributed by atoms with Gasteiger partial charge >= 0.3 is 12.1 Å². The highest BCUT2D eigenvalue weighted by molar-refractivity contribution is 6.74. The van der Waals surface area contributed by atoms with Crippen molar-refractivity contribution in [3.8, 4) is 17.2 Å². The molecule has 1 fully saturated rings. The molecule has 17 heteroatoms. The Hall–Kier alpha value is -4.16. The second-order valence-electron chi connectivity index (χ2n) is 14.8. The molecule has 2 aliphatic carbocycles. The quantitative estimate of drug-likeness (QED) is 0.192. The molecule has 5 atom stereocenters. The molecule has 1 saturated heterocycles. The van der Waals surface area contributed by atoms with Crippen LogP contribution in [0.25, 0.3) is 0 Å². The fourth-order valence-corrected chi connectivity index (χ4v) is 7.35. The number of rotatable bonds is 8. The van der Waals surface area contributed by atoms with Gasteiger partial charge in [-0.1, -0.05) is 32.9 Å². The van der Waals surface area contributed by atoms with Gasteiger partial charge in [0.25, 0.3) is 0 Å². The van der Waals surface area contributed by atoms with Gasteiger partial charge in [-0.05, 0) is 31.1 Å². The SMILES string of the molecule is COc1cccc2c1C(=O)c1c(O)c3c(c(O)c1C2=O)C[C@@](O)(C(=O)CO[Si](C)(C)C(C)(C)C)C[C@@H]3O[C@H]1C[C@@H](NC(=O)C(F)(F)F)C(=O)[C@H](C)O1. The number of amides is 1. The van der Waals surface area contributed by atoms with Crippen molar-refractivity contribution in [2.24, 2.45) is 0 Å². The van der Waals surface area contributed by atoms with Crippen LogP contribution in [0.2, 0.25) is 18.1 Å². The predicted octanol–water partition coefficient (Wildman–Crippen LogP) is 3.96. The van der Waals surface area contributed by atoms with Crippen LogP contribution in [0, 0.1) is 0 Å². The average Bonchev–Trinajstić information content (AvgIpc) is 3.04. The number of carbonyl (C=O) groups is 5. The summed E-state index contributed by atoms with van der Waals surface area (Å²) in [7, 11) is -1.28. The van der Waals surface area contributed by atoms with Crippen LogP contribution in [0.5, 0.6) is 17.2 Å². The van der Waals surface area contributed by atoms with Gasteiger partial charge in [-0.15, -0.1) is 0 Å². The number of ketones is 4. The van der Waals surface area contributed by atoms with E-state index in [0.29, 0.717) is 0 Å². The molecule has 0 radical (unpaired) electrons. The number of benzene rings is 2. The van der Waals surface area contributed by atoms with Gasteiger partial charge in [0.2, 0.25) is 5.78 Å². The number of fused-ring (bicyclic) bond motifs is 3. The van der Waals surface area contributed by atoms with Gasteiger partial charge in [0.15, 0.2) is 32.0 Å². The van der Waals surface area contributed by atoms with E-state index in [1.807, 2.05) is 33.9 Å². The minimum Gasteiger partial charge on any atom is -0.507 e. The normalized spacial score (nSPS) is 24.9. The molecule has 1 aliphatic heterocycles. The zero-order valence-corrected chi connectivity index (χ0v) is 30.5. The van der Waals surface area contributed by atoms with E-state index in [1.165, 1.54) is 32.2 Å². The Balaban J connectivity index is 1.61. The number of methoxy groups -OCH3 is 1. The van der Waals surface area contributed by atoms with Gasteiger partial charge in [-0.25, -0.2) is 0 Å². The Morgan fingerprint density at radius 1 is 1.04 bits per heavy atom. The Morgan fingerprint density at radius 2 is 1.67 bits per heavy atom. The molecule has 0 saturated carbocycles. The summed E-state index contributed by atoms with van der Waals surface area (Å²) in [5, 5.41) is 36.7. The first kappa shape index (κ1) is 39.1. The molecule has 282 valence electrons. The number of hydrogen-bond acceptors (Lipinski definition) is 12. The molecule has 52 heavy (non-hydrogen) atoms. The molecular formula is C35H40F3NO12Si. The Labute approximate surface area is 297 Å². The summed E-state index contributed by atoms with van der Waals surface area (Å²) in [4.78, 5) is 66.0. The molecule has 0 bridgehead atoms. The van der Waals surface area contributed by atoms with E-state index in [4.69, 9.17) is 18.6 Å². The third kappa shape index (κ3) is 6.75. The highest BCUT2D eigenvalue weighted by Gasteiger charge is 2.52. The smallest absolute Gasteiger partial charge is 0.471 e. The van der Waals surface area contributed by atoms with Crippen LogP contribution in [0.1, 0.15) is 89.6 Å². The second-order valence-corrected chi connectivity index (χ2v) is 19.6.